The first-order valence-electron chi connectivity index (χ1n) is 7.21. The minimum absolute atomic E-state index is 0.456. The number of thiocarbonyl (C=S) groups is 1. The lowest BCUT2D eigenvalue weighted by atomic mass is 10.0. The third kappa shape index (κ3) is 4.05. The third-order valence-corrected chi connectivity index (χ3v) is 3.67. The van der Waals surface area contributed by atoms with Crippen molar-refractivity contribution in [2.24, 2.45) is 0 Å². The van der Waals surface area contributed by atoms with E-state index in [1.54, 1.807) is 0 Å². The van der Waals surface area contributed by atoms with Gasteiger partial charge in [-0.3, -0.25) is 0 Å². The number of benzene rings is 2. The Labute approximate surface area is 132 Å². The highest BCUT2D eigenvalue weighted by molar-refractivity contribution is 7.80. The summed E-state index contributed by atoms with van der Waals surface area (Å²) in [7, 11) is 0. The highest BCUT2D eigenvalue weighted by atomic mass is 32.1. The standard InChI is InChI=1S/C18H22N2S/c1-12(2)15-7-5-6-8-17(15)20-18(21)19-16-10-9-13(3)11-14(16)4/h5-12H,1-4H3,(H2,19,20,21). The number of rotatable bonds is 3. The number of para-hydroxylation sites is 1. The largest absolute Gasteiger partial charge is 0.332 e. The smallest absolute Gasteiger partial charge is 0.175 e. The Bertz CT molecular complexity index is 647. The second-order valence-electron chi connectivity index (χ2n) is 5.64. The summed E-state index contributed by atoms with van der Waals surface area (Å²) in [5.41, 5.74) is 5.82. The summed E-state index contributed by atoms with van der Waals surface area (Å²) in [6.45, 7) is 8.54. The molecule has 0 saturated carbocycles. The van der Waals surface area contributed by atoms with E-state index in [2.05, 4.69) is 74.7 Å². The van der Waals surface area contributed by atoms with Crippen molar-refractivity contribution in [2.75, 3.05) is 10.6 Å². The summed E-state index contributed by atoms with van der Waals surface area (Å²) < 4.78 is 0. The van der Waals surface area contributed by atoms with E-state index in [-0.39, 0.29) is 0 Å². The van der Waals surface area contributed by atoms with Gasteiger partial charge in [-0.05, 0) is 55.2 Å². The average Bonchev–Trinajstić information content (AvgIpc) is 2.42. The Morgan fingerprint density at radius 3 is 2.29 bits per heavy atom. The molecule has 0 fully saturated rings. The van der Waals surface area contributed by atoms with Gasteiger partial charge in [0.25, 0.3) is 0 Å². The summed E-state index contributed by atoms with van der Waals surface area (Å²) >= 11 is 5.43. The molecule has 0 radical (unpaired) electrons. The van der Waals surface area contributed by atoms with E-state index in [4.69, 9.17) is 12.2 Å². The lowest BCUT2D eigenvalue weighted by molar-refractivity contribution is 0.869. The maximum absolute atomic E-state index is 5.43. The molecule has 21 heavy (non-hydrogen) atoms. The van der Waals surface area contributed by atoms with Crippen LogP contribution in [0.2, 0.25) is 0 Å². The normalized spacial score (nSPS) is 10.5. The van der Waals surface area contributed by atoms with E-state index < -0.39 is 0 Å². The van der Waals surface area contributed by atoms with Crippen LogP contribution in [0.1, 0.15) is 36.5 Å². The minimum atomic E-state index is 0.456. The highest BCUT2D eigenvalue weighted by Crippen LogP contribution is 2.24. The summed E-state index contributed by atoms with van der Waals surface area (Å²) in [4.78, 5) is 0. The van der Waals surface area contributed by atoms with Crippen LogP contribution in [0.4, 0.5) is 11.4 Å². The molecule has 2 nitrogen and oxygen atoms in total. The summed E-state index contributed by atoms with van der Waals surface area (Å²) in [6, 6.07) is 14.6. The van der Waals surface area contributed by atoms with Crippen LogP contribution in [0.3, 0.4) is 0 Å². The van der Waals surface area contributed by atoms with Gasteiger partial charge in [-0.25, -0.2) is 0 Å². The van der Waals surface area contributed by atoms with Gasteiger partial charge in [-0.2, -0.15) is 0 Å². The summed E-state index contributed by atoms with van der Waals surface area (Å²) in [6.07, 6.45) is 0. The molecule has 0 aliphatic rings. The number of aryl methyl sites for hydroxylation is 2. The molecular formula is C18H22N2S. The number of hydrogen-bond donors (Lipinski definition) is 2. The van der Waals surface area contributed by atoms with Crippen molar-refractivity contribution in [3.63, 3.8) is 0 Å². The third-order valence-electron chi connectivity index (χ3n) is 3.46. The van der Waals surface area contributed by atoms with Crippen LogP contribution in [0.5, 0.6) is 0 Å². The van der Waals surface area contributed by atoms with Gasteiger partial charge in [-0.15, -0.1) is 0 Å². The van der Waals surface area contributed by atoms with Crippen molar-refractivity contribution in [2.45, 2.75) is 33.6 Å². The van der Waals surface area contributed by atoms with E-state index in [0.717, 1.165) is 11.4 Å². The fourth-order valence-corrected chi connectivity index (χ4v) is 2.56. The van der Waals surface area contributed by atoms with Gasteiger partial charge in [0.2, 0.25) is 0 Å². The molecule has 110 valence electrons. The number of hydrogen-bond acceptors (Lipinski definition) is 1. The SMILES string of the molecule is Cc1ccc(NC(=S)Nc2ccccc2C(C)C)c(C)c1. The maximum Gasteiger partial charge on any atom is 0.175 e. The molecule has 0 spiro atoms. The second kappa shape index (κ2) is 6.72. The number of nitrogens with one attached hydrogen (secondary N) is 2. The Kier molecular flexibility index (Phi) is 4.97. The molecule has 0 heterocycles. The molecule has 0 saturated heterocycles. The molecule has 2 aromatic rings. The topological polar surface area (TPSA) is 24.1 Å². The number of anilines is 2. The van der Waals surface area contributed by atoms with Gasteiger partial charge in [0.05, 0.1) is 0 Å². The zero-order valence-electron chi connectivity index (χ0n) is 13.0. The molecule has 0 aromatic heterocycles. The van der Waals surface area contributed by atoms with Crippen molar-refractivity contribution >= 4 is 28.7 Å². The first-order chi connectivity index (χ1) is 9.97. The lowest BCUT2D eigenvalue weighted by Crippen LogP contribution is -2.20. The van der Waals surface area contributed by atoms with Crippen molar-refractivity contribution < 1.29 is 0 Å². The zero-order chi connectivity index (χ0) is 15.4. The molecule has 0 amide bonds. The second-order valence-corrected chi connectivity index (χ2v) is 6.05. The van der Waals surface area contributed by atoms with Crippen LogP contribution >= 0.6 is 12.2 Å². The lowest BCUT2D eigenvalue weighted by Gasteiger charge is -2.17. The molecule has 2 aromatic carbocycles. The van der Waals surface area contributed by atoms with Crippen molar-refractivity contribution in [3.05, 3.63) is 59.2 Å². The fourth-order valence-electron chi connectivity index (χ4n) is 2.34. The van der Waals surface area contributed by atoms with Crippen LogP contribution in [-0.2, 0) is 0 Å². The van der Waals surface area contributed by atoms with Gasteiger partial charge in [-0.1, -0.05) is 49.7 Å². The Morgan fingerprint density at radius 2 is 1.62 bits per heavy atom. The van der Waals surface area contributed by atoms with Crippen LogP contribution in [0, 0.1) is 13.8 Å². The van der Waals surface area contributed by atoms with Crippen molar-refractivity contribution in [1.82, 2.24) is 0 Å². The van der Waals surface area contributed by atoms with E-state index in [0.29, 0.717) is 11.0 Å². The summed E-state index contributed by atoms with van der Waals surface area (Å²) in [5.74, 6) is 0.456. The molecule has 0 unspecified atom stereocenters. The van der Waals surface area contributed by atoms with Gasteiger partial charge in [0, 0.05) is 11.4 Å². The molecule has 0 aliphatic carbocycles. The van der Waals surface area contributed by atoms with Crippen LogP contribution in [0.25, 0.3) is 0 Å². The van der Waals surface area contributed by atoms with E-state index >= 15 is 0 Å². The molecule has 0 aliphatic heterocycles. The molecule has 2 N–H and O–H groups in total. The molecule has 0 bridgehead atoms. The Balaban J connectivity index is 2.12. The molecule has 3 heteroatoms. The van der Waals surface area contributed by atoms with Gasteiger partial charge < -0.3 is 10.6 Å². The highest BCUT2D eigenvalue weighted by Gasteiger charge is 2.08. The minimum Gasteiger partial charge on any atom is -0.332 e. The predicted molar refractivity (Wildman–Crippen MR) is 96.3 cm³/mol. The average molecular weight is 298 g/mol. The molecule has 2 rings (SSSR count). The van der Waals surface area contributed by atoms with E-state index in [1.165, 1.54) is 16.7 Å². The van der Waals surface area contributed by atoms with E-state index in [9.17, 15) is 0 Å². The van der Waals surface area contributed by atoms with Crippen molar-refractivity contribution in [3.8, 4) is 0 Å². The zero-order valence-corrected chi connectivity index (χ0v) is 13.8. The fraction of sp³-hybridized carbons (Fsp3) is 0.278. The first kappa shape index (κ1) is 15.5. The maximum atomic E-state index is 5.43. The van der Waals surface area contributed by atoms with Crippen LogP contribution in [-0.4, -0.2) is 5.11 Å². The quantitative estimate of drug-likeness (QED) is 0.758. The molecule has 0 atom stereocenters. The predicted octanol–water partition coefficient (Wildman–Crippen LogP) is 5.24. The van der Waals surface area contributed by atoms with Gasteiger partial charge in [0.15, 0.2) is 5.11 Å². The Hall–Kier alpha value is -1.87. The summed E-state index contributed by atoms with van der Waals surface area (Å²) in [5, 5.41) is 7.20. The van der Waals surface area contributed by atoms with Crippen molar-refractivity contribution in [1.29, 1.82) is 0 Å². The van der Waals surface area contributed by atoms with E-state index in [1.807, 2.05) is 6.07 Å². The van der Waals surface area contributed by atoms with Crippen LogP contribution in [0.15, 0.2) is 42.5 Å². The van der Waals surface area contributed by atoms with Crippen LogP contribution < -0.4 is 10.6 Å². The van der Waals surface area contributed by atoms with Gasteiger partial charge in [0.1, 0.15) is 0 Å². The molecular weight excluding hydrogens is 276 g/mol. The Morgan fingerprint density at radius 1 is 0.952 bits per heavy atom. The first-order valence-corrected chi connectivity index (χ1v) is 7.62. The van der Waals surface area contributed by atoms with Gasteiger partial charge >= 0.3 is 0 Å². The monoisotopic (exact) mass is 298 g/mol.